The van der Waals surface area contributed by atoms with E-state index >= 15 is 0 Å². The van der Waals surface area contributed by atoms with Crippen LogP contribution in [-0.4, -0.2) is 31.1 Å². The van der Waals surface area contributed by atoms with Crippen LogP contribution in [0.15, 0.2) is 59.8 Å². The van der Waals surface area contributed by atoms with Gasteiger partial charge in [-0.3, -0.25) is 9.35 Å². The number of fused-ring (bicyclic) bond motifs is 1. The van der Waals surface area contributed by atoms with Crippen molar-refractivity contribution in [1.82, 2.24) is 0 Å². The summed E-state index contributed by atoms with van der Waals surface area (Å²) in [5.74, 6) is -0.239. The summed E-state index contributed by atoms with van der Waals surface area (Å²) in [5.41, 5.74) is 2.13. The van der Waals surface area contributed by atoms with Gasteiger partial charge in [0.15, 0.2) is 0 Å². The number of benzene rings is 2. The molecule has 1 aliphatic heterocycles. The van der Waals surface area contributed by atoms with Gasteiger partial charge < -0.3 is 4.90 Å². The zero-order chi connectivity index (χ0) is 19.4. The van der Waals surface area contributed by atoms with Crippen LogP contribution >= 0.6 is 11.6 Å². The van der Waals surface area contributed by atoms with E-state index in [1.807, 2.05) is 30.3 Å². The standard InChI is InChI=1S/C18H15ClN2O5S/c19-14-7-8-17-15(12-14)16(20-26-27(23,24)25)10-11-21(17)18(22)9-6-13-4-2-1-3-5-13/h1-9,12H,10-11H2,(H,23,24,25)/b9-6+,20-16+. The molecule has 1 N–H and O–H groups in total. The third kappa shape index (κ3) is 4.94. The number of carbonyl (C=O) groups is 1. The predicted molar refractivity (Wildman–Crippen MR) is 103 cm³/mol. The highest BCUT2D eigenvalue weighted by atomic mass is 35.5. The zero-order valence-corrected chi connectivity index (χ0v) is 15.5. The van der Waals surface area contributed by atoms with Crippen LogP contribution in [-0.2, 0) is 19.5 Å². The van der Waals surface area contributed by atoms with Crippen LogP contribution in [0.4, 0.5) is 5.69 Å². The molecule has 0 bridgehead atoms. The van der Waals surface area contributed by atoms with E-state index in [4.69, 9.17) is 16.2 Å². The SMILES string of the molecule is O=C(/C=C/c1ccccc1)N1CC/C(=N\OS(=O)(=O)O)c2cc(Cl)ccc21. The normalized spacial score (nSPS) is 15.8. The number of oxime groups is 1. The maximum atomic E-state index is 12.6. The monoisotopic (exact) mass is 406 g/mol. The first kappa shape index (κ1) is 19.1. The molecule has 0 radical (unpaired) electrons. The molecular formula is C18H15ClN2O5S. The Bertz CT molecular complexity index is 1020. The van der Waals surface area contributed by atoms with E-state index in [2.05, 4.69) is 9.44 Å². The molecular weight excluding hydrogens is 392 g/mol. The average molecular weight is 407 g/mol. The van der Waals surface area contributed by atoms with Gasteiger partial charge in [0.2, 0.25) is 0 Å². The Hall–Kier alpha value is -2.68. The third-order valence-electron chi connectivity index (χ3n) is 3.86. The number of halogens is 1. The van der Waals surface area contributed by atoms with Crippen molar-refractivity contribution in [3.05, 3.63) is 70.8 Å². The van der Waals surface area contributed by atoms with Gasteiger partial charge in [0.05, 0.1) is 11.4 Å². The second-order valence-corrected chi connectivity index (χ2v) is 7.13. The summed E-state index contributed by atoms with van der Waals surface area (Å²) in [4.78, 5) is 14.2. The second-order valence-electron chi connectivity index (χ2n) is 5.69. The fraction of sp³-hybridized carbons (Fsp3) is 0.111. The van der Waals surface area contributed by atoms with Crippen LogP contribution in [0.3, 0.4) is 0 Å². The smallest absolute Gasteiger partial charge is 0.308 e. The van der Waals surface area contributed by atoms with Crippen LogP contribution in [0.5, 0.6) is 0 Å². The molecule has 2 aromatic carbocycles. The second kappa shape index (κ2) is 7.91. The van der Waals surface area contributed by atoms with Gasteiger partial charge >= 0.3 is 10.4 Å². The summed E-state index contributed by atoms with van der Waals surface area (Å²) in [6.07, 6.45) is 3.40. The molecule has 1 aliphatic rings. The fourth-order valence-electron chi connectivity index (χ4n) is 2.69. The van der Waals surface area contributed by atoms with E-state index in [1.165, 1.54) is 11.0 Å². The number of nitrogens with zero attached hydrogens (tertiary/aromatic N) is 2. The van der Waals surface area contributed by atoms with Gasteiger partial charge in [-0.05, 0) is 29.8 Å². The largest absolute Gasteiger partial charge is 0.466 e. The Kier molecular flexibility index (Phi) is 5.59. The molecule has 0 atom stereocenters. The maximum absolute atomic E-state index is 12.6. The van der Waals surface area contributed by atoms with Crippen LogP contribution in [0.2, 0.25) is 5.02 Å². The van der Waals surface area contributed by atoms with E-state index in [-0.39, 0.29) is 24.6 Å². The van der Waals surface area contributed by atoms with Crippen LogP contribution in [0.1, 0.15) is 17.5 Å². The molecule has 1 heterocycles. The van der Waals surface area contributed by atoms with Crippen molar-refractivity contribution in [2.45, 2.75) is 6.42 Å². The molecule has 0 saturated heterocycles. The molecule has 1 amide bonds. The van der Waals surface area contributed by atoms with Gasteiger partial charge in [-0.2, -0.15) is 8.42 Å². The van der Waals surface area contributed by atoms with Crippen molar-refractivity contribution in [2.24, 2.45) is 5.16 Å². The third-order valence-corrected chi connectivity index (χ3v) is 4.36. The van der Waals surface area contributed by atoms with Crippen molar-refractivity contribution in [3.63, 3.8) is 0 Å². The lowest BCUT2D eigenvalue weighted by atomic mass is 9.99. The molecule has 0 spiro atoms. The van der Waals surface area contributed by atoms with E-state index < -0.39 is 10.4 Å². The highest BCUT2D eigenvalue weighted by Crippen LogP contribution is 2.30. The van der Waals surface area contributed by atoms with Gasteiger partial charge in [0, 0.05) is 29.6 Å². The highest BCUT2D eigenvalue weighted by molar-refractivity contribution is 7.80. The Morgan fingerprint density at radius 2 is 1.96 bits per heavy atom. The lowest BCUT2D eigenvalue weighted by molar-refractivity contribution is -0.114. The quantitative estimate of drug-likeness (QED) is 0.477. The number of carbonyl (C=O) groups excluding carboxylic acids is 1. The summed E-state index contributed by atoms with van der Waals surface area (Å²) >= 11 is 6.02. The number of hydrogen-bond donors (Lipinski definition) is 1. The van der Waals surface area contributed by atoms with Gasteiger partial charge in [-0.15, -0.1) is 0 Å². The molecule has 7 nitrogen and oxygen atoms in total. The number of amides is 1. The lowest BCUT2D eigenvalue weighted by Crippen LogP contribution is -2.36. The molecule has 9 heteroatoms. The highest BCUT2D eigenvalue weighted by Gasteiger charge is 2.26. The first-order valence-electron chi connectivity index (χ1n) is 7.91. The van der Waals surface area contributed by atoms with Crippen molar-refractivity contribution in [1.29, 1.82) is 0 Å². The van der Waals surface area contributed by atoms with Crippen molar-refractivity contribution >= 4 is 45.4 Å². The van der Waals surface area contributed by atoms with Crippen LogP contribution in [0, 0.1) is 0 Å². The molecule has 3 rings (SSSR count). The first-order chi connectivity index (χ1) is 12.8. The topological polar surface area (TPSA) is 96.3 Å². The van der Waals surface area contributed by atoms with Crippen LogP contribution in [0.25, 0.3) is 6.08 Å². The minimum atomic E-state index is -4.72. The zero-order valence-electron chi connectivity index (χ0n) is 13.9. The van der Waals surface area contributed by atoms with Gasteiger partial charge in [-0.25, -0.2) is 4.28 Å². The fourth-order valence-corrected chi connectivity index (χ4v) is 3.04. The molecule has 0 saturated carbocycles. The molecule has 0 aromatic heterocycles. The Balaban J connectivity index is 1.90. The Morgan fingerprint density at radius 1 is 1.22 bits per heavy atom. The summed E-state index contributed by atoms with van der Waals surface area (Å²) in [7, 11) is -4.72. The number of rotatable bonds is 4. The molecule has 27 heavy (non-hydrogen) atoms. The van der Waals surface area contributed by atoms with Crippen LogP contribution < -0.4 is 4.90 Å². The summed E-state index contributed by atoms with van der Waals surface area (Å²) in [5, 5.41) is 3.88. The molecule has 140 valence electrons. The van der Waals surface area contributed by atoms with Gasteiger partial charge in [-0.1, -0.05) is 47.1 Å². The van der Waals surface area contributed by atoms with Gasteiger partial charge in [0.25, 0.3) is 5.91 Å². The summed E-state index contributed by atoms with van der Waals surface area (Å²) in [6.45, 7) is 0.264. The molecule has 0 fully saturated rings. The van der Waals surface area contributed by atoms with E-state index in [1.54, 1.807) is 24.3 Å². The maximum Gasteiger partial charge on any atom is 0.466 e. The number of hydrogen-bond acceptors (Lipinski definition) is 5. The molecule has 2 aromatic rings. The van der Waals surface area contributed by atoms with Crippen molar-refractivity contribution < 1.29 is 22.0 Å². The molecule has 0 aliphatic carbocycles. The van der Waals surface area contributed by atoms with Gasteiger partial charge in [0.1, 0.15) is 0 Å². The van der Waals surface area contributed by atoms with E-state index in [9.17, 15) is 13.2 Å². The average Bonchev–Trinajstić information content (AvgIpc) is 2.64. The van der Waals surface area contributed by atoms with E-state index in [0.717, 1.165) is 5.56 Å². The minimum absolute atomic E-state index is 0.230. The number of anilines is 1. The minimum Gasteiger partial charge on any atom is -0.308 e. The van der Waals surface area contributed by atoms with E-state index in [0.29, 0.717) is 16.3 Å². The Morgan fingerprint density at radius 3 is 2.67 bits per heavy atom. The summed E-state index contributed by atoms with van der Waals surface area (Å²) < 4.78 is 34.4. The molecule has 0 unspecified atom stereocenters. The summed E-state index contributed by atoms with van der Waals surface area (Å²) in [6, 6.07) is 14.2. The first-order valence-corrected chi connectivity index (χ1v) is 9.65. The predicted octanol–water partition coefficient (Wildman–Crippen LogP) is 3.31. The van der Waals surface area contributed by atoms with Crippen molar-refractivity contribution in [3.8, 4) is 0 Å². The lowest BCUT2D eigenvalue weighted by Gasteiger charge is -2.29. The Labute approximate surface area is 161 Å². The van der Waals surface area contributed by atoms with Crippen molar-refractivity contribution in [2.75, 3.05) is 11.4 Å².